The van der Waals surface area contributed by atoms with E-state index in [1.165, 1.54) is 0 Å². The summed E-state index contributed by atoms with van der Waals surface area (Å²) in [6.07, 6.45) is 5.74. The Balaban J connectivity index is 2.59. The van der Waals surface area contributed by atoms with Crippen LogP contribution in [0, 0.1) is 23.7 Å². The van der Waals surface area contributed by atoms with Crippen molar-refractivity contribution in [3.05, 3.63) is 29.8 Å². The number of nitrogens with zero attached hydrogens (tertiary/aromatic N) is 1. The van der Waals surface area contributed by atoms with Crippen LogP contribution in [-0.2, 0) is 0 Å². The van der Waals surface area contributed by atoms with Gasteiger partial charge in [-0.3, -0.25) is 0 Å². The molecular weight excluding hydrogens is 160 g/mol. The lowest BCUT2D eigenvalue weighted by Gasteiger charge is -2.03. The molecule has 0 saturated heterocycles. The van der Waals surface area contributed by atoms with E-state index in [-0.39, 0.29) is 0 Å². The van der Waals surface area contributed by atoms with Crippen molar-refractivity contribution in [3.63, 3.8) is 0 Å². The minimum absolute atomic E-state index is 0.500. The fourth-order valence-corrected chi connectivity index (χ4v) is 0.982. The zero-order valence-electron chi connectivity index (χ0n) is 7.25. The van der Waals surface area contributed by atoms with Crippen LogP contribution in [-0.4, -0.2) is 6.54 Å². The van der Waals surface area contributed by atoms with E-state index in [1.54, 1.807) is 0 Å². The first-order valence-electron chi connectivity index (χ1n) is 4.04. The topological polar surface area (TPSA) is 35.8 Å². The average molecular weight is 170 g/mol. The molecule has 1 N–H and O–H groups in total. The number of rotatable bonds is 3. The first-order valence-corrected chi connectivity index (χ1v) is 4.04. The van der Waals surface area contributed by atoms with E-state index < -0.39 is 0 Å². The Morgan fingerprint density at radius 1 is 1.46 bits per heavy atom. The van der Waals surface area contributed by atoms with Gasteiger partial charge in [0, 0.05) is 17.8 Å². The van der Waals surface area contributed by atoms with Crippen molar-refractivity contribution >= 4 is 5.69 Å². The Labute approximate surface area is 78.2 Å². The minimum Gasteiger partial charge on any atom is -0.384 e. The highest BCUT2D eigenvalue weighted by molar-refractivity contribution is 5.49. The van der Waals surface area contributed by atoms with E-state index >= 15 is 0 Å². The summed E-state index contributed by atoms with van der Waals surface area (Å²) in [6.45, 7) is 0.657. The largest absolute Gasteiger partial charge is 0.384 e. The maximum atomic E-state index is 8.32. The van der Waals surface area contributed by atoms with Crippen LogP contribution in [0.4, 0.5) is 5.69 Å². The highest BCUT2D eigenvalue weighted by Crippen LogP contribution is 2.09. The molecule has 0 aromatic heterocycles. The van der Waals surface area contributed by atoms with Crippen LogP contribution in [0.1, 0.15) is 12.0 Å². The molecule has 0 aliphatic rings. The molecule has 0 saturated carbocycles. The van der Waals surface area contributed by atoms with Crippen LogP contribution < -0.4 is 5.32 Å². The predicted octanol–water partition coefficient (Wildman–Crippen LogP) is 1.99. The SMILES string of the molecule is C#Cc1cccc(NCCC#N)c1. The molecule has 1 aromatic rings. The van der Waals surface area contributed by atoms with Crippen molar-refractivity contribution in [1.29, 1.82) is 5.26 Å². The molecule has 1 aromatic carbocycles. The van der Waals surface area contributed by atoms with E-state index in [1.807, 2.05) is 24.3 Å². The normalized spacial score (nSPS) is 8.46. The van der Waals surface area contributed by atoms with Gasteiger partial charge in [-0.15, -0.1) is 6.42 Å². The summed E-state index contributed by atoms with van der Waals surface area (Å²) in [6, 6.07) is 9.64. The smallest absolute Gasteiger partial charge is 0.0640 e. The molecule has 0 fully saturated rings. The summed E-state index contributed by atoms with van der Waals surface area (Å²) >= 11 is 0. The lowest BCUT2D eigenvalue weighted by atomic mass is 10.2. The van der Waals surface area contributed by atoms with Gasteiger partial charge in [0.15, 0.2) is 0 Å². The molecule has 0 amide bonds. The Hall–Kier alpha value is -1.93. The molecular formula is C11H10N2. The van der Waals surface area contributed by atoms with Gasteiger partial charge >= 0.3 is 0 Å². The van der Waals surface area contributed by atoms with Crippen molar-refractivity contribution in [1.82, 2.24) is 0 Å². The van der Waals surface area contributed by atoms with Crippen LogP contribution in [0.3, 0.4) is 0 Å². The zero-order valence-corrected chi connectivity index (χ0v) is 7.25. The fourth-order valence-electron chi connectivity index (χ4n) is 0.982. The molecule has 2 nitrogen and oxygen atoms in total. The second-order valence-electron chi connectivity index (χ2n) is 2.56. The van der Waals surface area contributed by atoms with Gasteiger partial charge in [-0.05, 0) is 18.2 Å². The first kappa shape index (κ1) is 9.16. The Kier molecular flexibility index (Phi) is 3.42. The average Bonchev–Trinajstić information content (AvgIpc) is 2.19. The summed E-state index contributed by atoms with van der Waals surface area (Å²) in [5, 5.41) is 11.4. The molecule has 1 rings (SSSR count). The molecule has 0 bridgehead atoms. The van der Waals surface area contributed by atoms with Gasteiger partial charge in [0.2, 0.25) is 0 Å². The Morgan fingerprint density at radius 3 is 3.00 bits per heavy atom. The van der Waals surface area contributed by atoms with Crippen LogP contribution in [0.25, 0.3) is 0 Å². The van der Waals surface area contributed by atoms with Crippen LogP contribution in [0.15, 0.2) is 24.3 Å². The van der Waals surface area contributed by atoms with Gasteiger partial charge in [0.05, 0.1) is 12.5 Å². The number of anilines is 1. The molecule has 0 heterocycles. The quantitative estimate of drug-likeness (QED) is 0.556. The molecule has 0 radical (unpaired) electrons. The molecule has 0 atom stereocenters. The predicted molar refractivity (Wildman–Crippen MR) is 53.1 cm³/mol. The third-order valence-electron chi connectivity index (χ3n) is 1.60. The fraction of sp³-hybridized carbons (Fsp3) is 0.182. The van der Waals surface area contributed by atoms with Crippen LogP contribution in [0.5, 0.6) is 0 Å². The van der Waals surface area contributed by atoms with Gasteiger partial charge < -0.3 is 5.32 Å². The third-order valence-corrected chi connectivity index (χ3v) is 1.60. The first-order chi connectivity index (χ1) is 6.36. The lowest BCUT2D eigenvalue weighted by molar-refractivity contribution is 1.08. The highest BCUT2D eigenvalue weighted by atomic mass is 14.9. The maximum Gasteiger partial charge on any atom is 0.0640 e. The number of hydrogen-bond acceptors (Lipinski definition) is 2. The van der Waals surface area contributed by atoms with E-state index in [9.17, 15) is 0 Å². The van der Waals surface area contributed by atoms with Gasteiger partial charge in [-0.2, -0.15) is 5.26 Å². The van der Waals surface area contributed by atoms with E-state index in [2.05, 4.69) is 17.3 Å². The van der Waals surface area contributed by atoms with Crippen molar-refractivity contribution in [2.75, 3.05) is 11.9 Å². The Morgan fingerprint density at radius 2 is 2.31 bits per heavy atom. The monoisotopic (exact) mass is 170 g/mol. The minimum atomic E-state index is 0.500. The van der Waals surface area contributed by atoms with Gasteiger partial charge in [0.25, 0.3) is 0 Å². The van der Waals surface area contributed by atoms with E-state index in [0.717, 1.165) is 11.3 Å². The standard InChI is InChI=1S/C11H10N2/c1-2-10-5-3-6-11(9-10)13-8-4-7-12/h1,3,5-6,9,13H,4,8H2. The molecule has 64 valence electrons. The van der Waals surface area contributed by atoms with Crippen molar-refractivity contribution in [2.24, 2.45) is 0 Å². The summed E-state index contributed by atoms with van der Waals surface area (Å²) in [7, 11) is 0. The summed E-state index contributed by atoms with van der Waals surface area (Å²) < 4.78 is 0. The molecule has 13 heavy (non-hydrogen) atoms. The molecule has 0 aliphatic heterocycles. The van der Waals surface area contributed by atoms with Crippen LogP contribution >= 0.6 is 0 Å². The third kappa shape index (κ3) is 2.89. The van der Waals surface area contributed by atoms with Crippen LogP contribution in [0.2, 0.25) is 0 Å². The summed E-state index contributed by atoms with van der Waals surface area (Å²) in [5.74, 6) is 2.55. The van der Waals surface area contributed by atoms with Gasteiger partial charge in [0.1, 0.15) is 0 Å². The van der Waals surface area contributed by atoms with Crippen molar-refractivity contribution < 1.29 is 0 Å². The van der Waals surface area contributed by atoms with Gasteiger partial charge in [-0.25, -0.2) is 0 Å². The van der Waals surface area contributed by atoms with E-state index in [0.29, 0.717) is 13.0 Å². The lowest BCUT2D eigenvalue weighted by Crippen LogP contribution is -1.99. The Bertz CT molecular complexity index is 355. The number of nitrogens with one attached hydrogen (secondary N) is 1. The number of benzene rings is 1. The van der Waals surface area contributed by atoms with Crippen molar-refractivity contribution in [3.8, 4) is 18.4 Å². The van der Waals surface area contributed by atoms with Gasteiger partial charge in [-0.1, -0.05) is 12.0 Å². The second kappa shape index (κ2) is 4.85. The summed E-state index contributed by atoms with van der Waals surface area (Å²) in [5.41, 5.74) is 1.81. The number of nitriles is 1. The summed E-state index contributed by atoms with van der Waals surface area (Å²) in [4.78, 5) is 0. The molecule has 0 spiro atoms. The molecule has 2 heteroatoms. The van der Waals surface area contributed by atoms with E-state index in [4.69, 9.17) is 11.7 Å². The second-order valence-corrected chi connectivity index (χ2v) is 2.56. The zero-order chi connectivity index (χ0) is 9.52. The molecule has 0 unspecified atom stereocenters. The maximum absolute atomic E-state index is 8.32. The highest BCUT2D eigenvalue weighted by Gasteiger charge is 1.91. The number of hydrogen-bond donors (Lipinski definition) is 1. The number of terminal acetylenes is 1. The molecule has 0 aliphatic carbocycles. The van der Waals surface area contributed by atoms with Crippen molar-refractivity contribution in [2.45, 2.75) is 6.42 Å².